The van der Waals surface area contributed by atoms with Gasteiger partial charge in [0.15, 0.2) is 0 Å². The molecule has 0 amide bonds. The third kappa shape index (κ3) is 3.72. The standard InChI is InChI=1S/C15H22N4O2/c1-5-16-14(9-15-17-10-18-19(15)2)11-6-12(20-3)8-13(7-11)21-4/h6-8,10,14,16H,5,9H2,1-4H3. The normalized spacial score (nSPS) is 12.2. The van der Waals surface area contributed by atoms with Crippen LogP contribution in [0.2, 0.25) is 0 Å². The van der Waals surface area contributed by atoms with Crippen molar-refractivity contribution >= 4 is 0 Å². The maximum atomic E-state index is 5.34. The number of nitrogens with one attached hydrogen (secondary N) is 1. The maximum Gasteiger partial charge on any atom is 0.138 e. The fourth-order valence-corrected chi connectivity index (χ4v) is 2.27. The first-order valence-corrected chi connectivity index (χ1v) is 6.97. The fourth-order valence-electron chi connectivity index (χ4n) is 2.27. The molecule has 2 aromatic rings. The Labute approximate surface area is 125 Å². The van der Waals surface area contributed by atoms with Gasteiger partial charge in [0.25, 0.3) is 0 Å². The van der Waals surface area contributed by atoms with Crippen LogP contribution in [0.1, 0.15) is 24.4 Å². The van der Waals surface area contributed by atoms with Gasteiger partial charge in [-0.05, 0) is 24.2 Å². The number of hydrogen-bond donors (Lipinski definition) is 1. The number of ether oxygens (including phenoxy) is 2. The highest BCUT2D eigenvalue weighted by Gasteiger charge is 2.16. The number of rotatable bonds is 7. The zero-order valence-corrected chi connectivity index (χ0v) is 13.0. The predicted molar refractivity (Wildman–Crippen MR) is 80.7 cm³/mol. The van der Waals surface area contributed by atoms with Gasteiger partial charge in [-0.15, -0.1) is 0 Å². The maximum absolute atomic E-state index is 5.34. The summed E-state index contributed by atoms with van der Waals surface area (Å²) in [5.74, 6) is 2.50. The minimum absolute atomic E-state index is 0.127. The number of hydrogen-bond acceptors (Lipinski definition) is 5. The van der Waals surface area contributed by atoms with Crippen molar-refractivity contribution in [3.05, 3.63) is 35.9 Å². The summed E-state index contributed by atoms with van der Waals surface area (Å²) in [6.07, 6.45) is 2.32. The van der Waals surface area contributed by atoms with Gasteiger partial charge in [-0.3, -0.25) is 4.68 Å². The summed E-state index contributed by atoms with van der Waals surface area (Å²) in [6, 6.07) is 6.04. The lowest BCUT2D eigenvalue weighted by atomic mass is 10.0. The Morgan fingerprint density at radius 1 is 1.19 bits per heavy atom. The molecular weight excluding hydrogens is 268 g/mol. The minimum atomic E-state index is 0.127. The summed E-state index contributed by atoms with van der Waals surface area (Å²) < 4.78 is 12.5. The van der Waals surface area contributed by atoms with Crippen molar-refractivity contribution in [3.8, 4) is 11.5 Å². The van der Waals surface area contributed by atoms with Crippen molar-refractivity contribution in [2.75, 3.05) is 20.8 Å². The van der Waals surface area contributed by atoms with Gasteiger partial charge in [-0.1, -0.05) is 6.92 Å². The predicted octanol–water partition coefficient (Wildman–Crippen LogP) is 1.73. The Kier molecular flexibility index (Phi) is 5.16. The molecule has 0 aliphatic carbocycles. The zero-order valence-electron chi connectivity index (χ0n) is 13.0. The van der Waals surface area contributed by atoms with E-state index < -0.39 is 0 Å². The van der Waals surface area contributed by atoms with Crippen LogP contribution in [0, 0.1) is 0 Å². The van der Waals surface area contributed by atoms with Crippen LogP contribution in [0.3, 0.4) is 0 Å². The second-order valence-electron chi connectivity index (χ2n) is 4.76. The number of aromatic nitrogens is 3. The molecule has 0 spiro atoms. The number of methoxy groups -OCH3 is 2. The summed E-state index contributed by atoms with van der Waals surface area (Å²) in [7, 11) is 5.21. The second-order valence-corrected chi connectivity index (χ2v) is 4.76. The van der Waals surface area contributed by atoms with Gasteiger partial charge in [0.1, 0.15) is 23.7 Å². The largest absolute Gasteiger partial charge is 0.497 e. The Balaban J connectivity index is 2.30. The molecule has 0 saturated carbocycles. The Bertz CT molecular complexity index is 561. The third-order valence-electron chi connectivity index (χ3n) is 3.42. The van der Waals surface area contributed by atoms with Crippen molar-refractivity contribution in [2.24, 2.45) is 7.05 Å². The SMILES string of the molecule is CCNC(Cc1ncnn1C)c1cc(OC)cc(OC)c1. The van der Waals surface area contributed by atoms with E-state index in [1.165, 1.54) is 0 Å². The van der Waals surface area contributed by atoms with Gasteiger partial charge in [0.2, 0.25) is 0 Å². The number of likely N-dealkylation sites (N-methyl/N-ethyl adjacent to an activating group) is 1. The van der Waals surface area contributed by atoms with E-state index >= 15 is 0 Å². The van der Waals surface area contributed by atoms with Crippen LogP contribution < -0.4 is 14.8 Å². The van der Waals surface area contributed by atoms with Crippen molar-refractivity contribution < 1.29 is 9.47 Å². The lowest BCUT2D eigenvalue weighted by Gasteiger charge is -2.19. The topological polar surface area (TPSA) is 61.2 Å². The average molecular weight is 290 g/mol. The highest BCUT2D eigenvalue weighted by atomic mass is 16.5. The van der Waals surface area contributed by atoms with Crippen LogP contribution in [0.15, 0.2) is 24.5 Å². The van der Waals surface area contributed by atoms with Gasteiger partial charge in [-0.25, -0.2) is 4.98 Å². The molecule has 1 aromatic heterocycles. The van der Waals surface area contributed by atoms with E-state index in [-0.39, 0.29) is 6.04 Å². The van der Waals surface area contributed by atoms with Gasteiger partial charge in [0.05, 0.1) is 14.2 Å². The molecule has 0 aliphatic rings. The lowest BCUT2D eigenvalue weighted by molar-refractivity contribution is 0.391. The molecule has 6 heteroatoms. The Hall–Kier alpha value is -2.08. The Morgan fingerprint density at radius 3 is 2.33 bits per heavy atom. The molecule has 0 aliphatic heterocycles. The molecule has 0 bridgehead atoms. The van der Waals surface area contributed by atoms with E-state index in [2.05, 4.69) is 22.3 Å². The second kappa shape index (κ2) is 7.08. The van der Waals surface area contributed by atoms with Crippen LogP contribution in [-0.2, 0) is 13.5 Å². The Morgan fingerprint density at radius 2 is 1.86 bits per heavy atom. The molecule has 0 radical (unpaired) electrons. The summed E-state index contributed by atoms with van der Waals surface area (Å²) in [5.41, 5.74) is 1.11. The van der Waals surface area contributed by atoms with Gasteiger partial charge >= 0.3 is 0 Å². The molecule has 1 heterocycles. The molecule has 21 heavy (non-hydrogen) atoms. The fraction of sp³-hybridized carbons (Fsp3) is 0.467. The van der Waals surface area contributed by atoms with Crippen LogP contribution in [0.5, 0.6) is 11.5 Å². The van der Waals surface area contributed by atoms with E-state index in [4.69, 9.17) is 9.47 Å². The third-order valence-corrected chi connectivity index (χ3v) is 3.42. The summed E-state index contributed by atoms with van der Waals surface area (Å²) >= 11 is 0. The molecule has 1 atom stereocenters. The highest BCUT2D eigenvalue weighted by Crippen LogP contribution is 2.27. The van der Waals surface area contributed by atoms with Crippen LogP contribution >= 0.6 is 0 Å². The molecule has 114 valence electrons. The number of aryl methyl sites for hydroxylation is 1. The van der Waals surface area contributed by atoms with Crippen molar-refractivity contribution in [3.63, 3.8) is 0 Å². The lowest BCUT2D eigenvalue weighted by Crippen LogP contribution is -2.24. The van der Waals surface area contributed by atoms with Crippen LogP contribution in [-0.4, -0.2) is 35.5 Å². The van der Waals surface area contributed by atoms with Gasteiger partial charge in [-0.2, -0.15) is 5.10 Å². The van der Waals surface area contributed by atoms with Crippen LogP contribution in [0.4, 0.5) is 0 Å². The first kappa shape index (κ1) is 15.3. The van der Waals surface area contributed by atoms with Gasteiger partial charge < -0.3 is 14.8 Å². The molecule has 0 saturated heterocycles. The van der Waals surface area contributed by atoms with Crippen LogP contribution in [0.25, 0.3) is 0 Å². The molecule has 1 unspecified atom stereocenters. The van der Waals surface area contributed by atoms with Crippen molar-refractivity contribution in [2.45, 2.75) is 19.4 Å². The molecule has 1 N–H and O–H groups in total. The first-order valence-electron chi connectivity index (χ1n) is 6.97. The highest BCUT2D eigenvalue weighted by molar-refractivity contribution is 5.40. The minimum Gasteiger partial charge on any atom is -0.497 e. The van der Waals surface area contributed by atoms with E-state index in [0.717, 1.165) is 35.9 Å². The van der Waals surface area contributed by atoms with E-state index in [9.17, 15) is 0 Å². The van der Waals surface area contributed by atoms with E-state index in [1.807, 2.05) is 25.2 Å². The smallest absolute Gasteiger partial charge is 0.138 e. The van der Waals surface area contributed by atoms with Crippen molar-refractivity contribution in [1.82, 2.24) is 20.1 Å². The summed E-state index contributed by atoms with van der Waals surface area (Å²) in [4.78, 5) is 4.30. The summed E-state index contributed by atoms with van der Waals surface area (Å²) in [6.45, 7) is 2.95. The van der Waals surface area contributed by atoms with Crippen molar-refractivity contribution in [1.29, 1.82) is 0 Å². The quantitative estimate of drug-likeness (QED) is 0.841. The summed E-state index contributed by atoms with van der Waals surface area (Å²) in [5, 5.41) is 7.59. The first-order chi connectivity index (χ1) is 10.2. The molecular formula is C15H22N4O2. The van der Waals surface area contributed by atoms with E-state index in [1.54, 1.807) is 25.2 Å². The number of benzene rings is 1. The average Bonchev–Trinajstić information content (AvgIpc) is 2.91. The molecule has 1 aromatic carbocycles. The molecule has 0 fully saturated rings. The van der Waals surface area contributed by atoms with Gasteiger partial charge in [0, 0.05) is 25.6 Å². The molecule has 6 nitrogen and oxygen atoms in total. The van der Waals surface area contributed by atoms with E-state index in [0.29, 0.717) is 0 Å². The molecule has 2 rings (SSSR count). The number of nitrogens with zero attached hydrogens (tertiary/aromatic N) is 3. The monoisotopic (exact) mass is 290 g/mol. The zero-order chi connectivity index (χ0) is 15.2.